The number of hydrogen-bond acceptors (Lipinski definition) is 6. The molecule has 7 heteroatoms. The zero-order valence-electron chi connectivity index (χ0n) is 7.09. The summed E-state index contributed by atoms with van der Waals surface area (Å²) in [7, 11) is 0. The smallest absolute Gasteiger partial charge is 0.209 e. The van der Waals surface area contributed by atoms with Crippen molar-refractivity contribution in [3.8, 4) is 0 Å². The maximum atomic E-state index is 11.2. The first kappa shape index (κ1) is 7.71. The maximum Gasteiger partial charge on any atom is 0.209 e. The first-order valence-corrected chi connectivity index (χ1v) is 3.63. The molecule has 0 unspecified atom stereocenters. The van der Waals surface area contributed by atoms with Crippen molar-refractivity contribution in [3.05, 3.63) is 16.6 Å². The van der Waals surface area contributed by atoms with Crippen LogP contribution >= 0.6 is 0 Å². The Kier molecular flexibility index (Phi) is 1.51. The fourth-order valence-electron chi connectivity index (χ4n) is 1.07. The standard InChI is InChI=1S/C6H6N6O/c1-3-5-6(12(13)11-8-3)4(2)7-10-9-5/h1-2H3. The minimum absolute atomic E-state index is 0.322. The van der Waals surface area contributed by atoms with Crippen LogP contribution in [0.1, 0.15) is 11.4 Å². The Morgan fingerprint density at radius 2 is 1.85 bits per heavy atom. The molecule has 0 spiro atoms. The second kappa shape index (κ2) is 2.54. The minimum Gasteiger partial charge on any atom is -0.691 e. The molecule has 0 bridgehead atoms. The Bertz CT molecular complexity index is 462. The zero-order chi connectivity index (χ0) is 9.42. The van der Waals surface area contributed by atoms with Crippen molar-refractivity contribution >= 4 is 11.0 Å². The van der Waals surface area contributed by atoms with E-state index in [4.69, 9.17) is 0 Å². The third-order valence-electron chi connectivity index (χ3n) is 1.72. The molecule has 0 aliphatic rings. The summed E-state index contributed by atoms with van der Waals surface area (Å²) >= 11 is 0. The van der Waals surface area contributed by atoms with E-state index >= 15 is 0 Å². The molecule has 2 rings (SSSR count). The van der Waals surface area contributed by atoms with Crippen molar-refractivity contribution in [3.63, 3.8) is 0 Å². The highest BCUT2D eigenvalue weighted by atomic mass is 16.5. The largest absolute Gasteiger partial charge is 0.691 e. The van der Waals surface area contributed by atoms with Gasteiger partial charge in [-0.2, -0.15) is 0 Å². The van der Waals surface area contributed by atoms with Crippen LogP contribution in [0.3, 0.4) is 0 Å². The molecule has 66 valence electrons. The molecule has 2 heterocycles. The van der Waals surface area contributed by atoms with Crippen LogP contribution < -0.4 is 4.85 Å². The van der Waals surface area contributed by atoms with Gasteiger partial charge in [0.05, 0.1) is 5.10 Å². The summed E-state index contributed by atoms with van der Waals surface area (Å²) in [6, 6.07) is 0. The average Bonchev–Trinajstić information content (AvgIpc) is 2.12. The van der Waals surface area contributed by atoms with Gasteiger partial charge in [-0.15, -0.1) is 15.0 Å². The lowest BCUT2D eigenvalue weighted by molar-refractivity contribution is -0.649. The summed E-state index contributed by atoms with van der Waals surface area (Å²) in [5.41, 5.74) is 1.83. The van der Waals surface area contributed by atoms with Gasteiger partial charge in [0.1, 0.15) is 10.9 Å². The van der Waals surface area contributed by atoms with Gasteiger partial charge in [-0.1, -0.05) is 0 Å². The van der Waals surface area contributed by atoms with Crippen LogP contribution in [0.5, 0.6) is 0 Å². The third-order valence-corrected chi connectivity index (χ3v) is 1.72. The highest BCUT2D eigenvalue weighted by Gasteiger charge is 2.13. The second-order valence-electron chi connectivity index (χ2n) is 2.62. The van der Waals surface area contributed by atoms with Gasteiger partial charge < -0.3 is 5.21 Å². The number of aryl methyl sites for hydroxylation is 2. The number of nitrogens with zero attached hydrogens (tertiary/aromatic N) is 6. The maximum absolute atomic E-state index is 11.2. The monoisotopic (exact) mass is 178 g/mol. The zero-order valence-corrected chi connectivity index (χ0v) is 7.09. The molecular formula is C6H6N6O. The summed E-state index contributed by atoms with van der Waals surface area (Å²) in [4.78, 5) is 0.402. The molecule has 2 aromatic heterocycles. The molecule has 0 saturated carbocycles. The molecule has 0 saturated heterocycles. The summed E-state index contributed by atoms with van der Waals surface area (Å²) in [6.07, 6.45) is 0. The molecule has 0 aromatic carbocycles. The highest BCUT2D eigenvalue weighted by molar-refractivity contribution is 5.73. The summed E-state index contributed by atoms with van der Waals surface area (Å²) in [5, 5.41) is 29.0. The lowest BCUT2D eigenvalue weighted by Crippen LogP contribution is -2.35. The van der Waals surface area contributed by atoms with E-state index in [-0.39, 0.29) is 0 Å². The summed E-state index contributed by atoms with van der Waals surface area (Å²) in [6.45, 7) is 3.38. The van der Waals surface area contributed by atoms with E-state index in [1.807, 2.05) is 0 Å². The lowest BCUT2D eigenvalue weighted by atomic mass is 10.3. The Hall–Kier alpha value is -1.92. The SMILES string of the molecule is Cc1nn[n+]([O-])c2c(C)nnnc12. The van der Waals surface area contributed by atoms with E-state index in [0.717, 1.165) is 0 Å². The number of fused-ring (bicyclic) bond motifs is 1. The van der Waals surface area contributed by atoms with E-state index in [2.05, 4.69) is 25.7 Å². The van der Waals surface area contributed by atoms with Gasteiger partial charge in [0.2, 0.25) is 11.2 Å². The minimum atomic E-state index is 0.322. The van der Waals surface area contributed by atoms with Crippen LogP contribution in [0.15, 0.2) is 0 Å². The number of rotatable bonds is 0. The summed E-state index contributed by atoms with van der Waals surface area (Å²) < 4.78 is 0. The summed E-state index contributed by atoms with van der Waals surface area (Å²) in [5.74, 6) is 0. The van der Waals surface area contributed by atoms with E-state index in [0.29, 0.717) is 27.3 Å². The Morgan fingerprint density at radius 3 is 2.54 bits per heavy atom. The van der Waals surface area contributed by atoms with Crippen LogP contribution in [0.4, 0.5) is 0 Å². The molecule has 0 radical (unpaired) electrons. The predicted molar refractivity (Wildman–Crippen MR) is 41.4 cm³/mol. The Labute approximate surface area is 73.0 Å². The quantitative estimate of drug-likeness (QED) is 0.382. The molecule has 7 nitrogen and oxygen atoms in total. The van der Waals surface area contributed by atoms with Gasteiger partial charge in [0, 0.05) is 6.92 Å². The van der Waals surface area contributed by atoms with Gasteiger partial charge in [0.25, 0.3) is 0 Å². The fraction of sp³-hybridized carbons (Fsp3) is 0.333. The van der Waals surface area contributed by atoms with E-state index in [1.54, 1.807) is 13.8 Å². The Balaban J connectivity index is 3.00. The normalized spacial score (nSPS) is 10.6. The van der Waals surface area contributed by atoms with Crippen molar-refractivity contribution in [2.24, 2.45) is 0 Å². The molecular weight excluding hydrogens is 172 g/mol. The molecule has 0 amide bonds. The third kappa shape index (κ3) is 1.05. The van der Waals surface area contributed by atoms with Crippen molar-refractivity contribution in [1.29, 1.82) is 0 Å². The first-order valence-electron chi connectivity index (χ1n) is 3.63. The van der Waals surface area contributed by atoms with Crippen LogP contribution in [-0.4, -0.2) is 25.7 Å². The van der Waals surface area contributed by atoms with Crippen LogP contribution in [-0.2, 0) is 0 Å². The molecule has 0 fully saturated rings. The predicted octanol–water partition coefficient (Wildman–Crippen LogP) is -0.935. The highest BCUT2D eigenvalue weighted by Crippen LogP contribution is 2.08. The van der Waals surface area contributed by atoms with Crippen molar-refractivity contribution in [1.82, 2.24) is 25.7 Å². The Morgan fingerprint density at radius 1 is 1.08 bits per heavy atom. The van der Waals surface area contributed by atoms with Crippen LogP contribution in [0.25, 0.3) is 11.0 Å². The van der Waals surface area contributed by atoms with Gasteiger partial charge >= 0.3 is 0 Å². The molecule has 0 N–H and O–H groups in total. The van der Waals surface area contributed by atoms with E-state index < -0.39 is 0 Å². The molecule has 13 heavy (non-hydrogen) atoms. The molecule has 2 aromatic rings. The van der Waals surface area contributed by atoms with Crippen molar-refractivity contribution in [2.75, 3.05) is 0 Å². The topological polar surface area (TPSA) is 91.4 Å². The van der Waals surface area contributed by atoms with Crippen molar-refractivity contribution in [2.45, 2.75) is 13.8 Å². The van der Waals surface area contributed by atoms with E-state index in [9.17, 15) is 5.21 Å². The van der Waals surface area contributed by atoms with Gasteiger partial charge in [0.15, 0.2) is 5.52 Å². The fourth-order valence-corrected chi connectivity index (χ4v) is 1.07. The first-order chi connectivity index (χ1) is 6.20. The van der Waals surface area contributed by atoms with Gasteiger partial charge in [-0.05, 0) is 12.1 Å². The van der Waals surface area contributed by atoms with Gasteiger partial charge in [-0.25, -0.2) is 0 Å². The molecule has 0 atom stereocenters. The van der Waals surface area contributed by atoms with Crippen LogP contribution in [0.2, 0.25) is 0 Å². The number of aromatic nitrogens is 6. The second-order valence-corrected chi connectivity index (χ2v) is 2.62. The van der Waals surface area contributed by atoms with Gasteiger partial charge in [-0.3, -0.25) is 0 Å². The average molecular weight is 178 g/mol. The molecule has 0 aliphatic heterocycles. The van der Waals surface area contributed by atoms with Crippen LogP contribution in [0, 0.1) is 19.1 Å². The molecule has 0 aliphatic carbocycles. The number of hydrogen-bond donors (Lipinski definition) is 0. The lowest BCUT2D eigenvalue weighted by Gasteiger charge is -2.01. The van der Waals surface area contributed by atoms with Crippen molar-refractivity contribution < 1.29 is 4.85 Å². The van der Waals surface area contributed by atoms with E-state index in [1.165, 1.54) is 0 Å².